The van der Waals surface area contributed by atoms with Crippen molar-refractivity contribution in [2.75, 3.05) is 13.2 Å². The number of hydrogen-bond donors (Lipinski definition) is 0. The number of carbonyl (C=O) groups excluding carboxylic acids is 2. The second-order valence-corrected chi connectivity index (χ2v) is 4.50. The summed E-state index contributed by atoms with van der Waals surface area (Å²) in [5.74, 6) is -3.92. The van der Waals surface area contributed by atoms with Gasteiger partial charge in [-0.3, -0.25) is 9.59 Å². The van der Waals surface area contributed by atoms with Gasteiger partial charge >= 0.3 is 11.9 Å². The number of halogens is 1. The largest absolute Gasteiger partial charge is 0.465 e. The number of nitriles is 1. The molecule has 6 heteroatoms. The van der Waals surface area contributed by atoms with E-state index in [2.05, 4.69) is 0 Å². The molecule has 0 aromatic heterocycles. The lowest BCUT2D eigenvalue weighted by molar-refractivity contribution is -0.162. The first kappa shape index (κ1) is 17.6. The summed E-state index contributed by atoms with van der Waals surface area (Å²) in [4.78, 5) is 24.2. The number of hydrogen-bond acceptors (Lipinski definition) is 5. The van der Waals surface area contributed by atoms with Gasteiger partial charge in [0.2, 0.25) is 0 Å². The fourth-order valence-electron chi connectivity index (χ4n) is 2.13. The van der Waals surface area contributed by atoms with Gasteiger partial charge in [0.25, 0.3) is 0 Å². The molecule has 0 spiro atoms. The van der Waals surface area contributed by atoms with Crippen LogP contribution in [0, 0.1) is 23.1 Å². The van der Waals surface area contributed by atoms with Gasteiger partial charge in [-0.2, -0.15) is 5.26 Å². The summed E-state index contributed by atoms with van der Waals surface area (Å²) in [6, 6.07) is 7.27. The van der Waals surface area contributed by atoms with Crippen molar-refractivity contribution < 1.29 is 23.5 Å². The first-order valence-electron chi connectivity index (χ1n) is 7.00. The molecular weight excluding hydrogens is 289 g/mol. The standard InChI is InChI=1S/C16H18FNO4/c1-3-21-15(19)14(16(20)22-4-2)13(9-10-18)11-5-7-12(17)8-6-11/h5-8,13-14H,3-4,9H2,1-2H3. The Morgan fingerprint density at radius 2 is 1.64 bits per heavy atom. The van der Waals surface area contributed by atoms with Gasteiger partial charge in [0.15, 0.2) is 5.92 Å². The van der Waals surface area contributed by atoms with E-state index in [1.54, 1.807) is 13.8 Å². The maximum atomic E-state index is 13.0. The molecule has 0 radical (unpaired) electrons. The number of nitrogens with zero attached hydrogens (tertiary/aromatic N) is 1. The molecule has 0 bridgehead atoms. The summed E-state index contributed by atoms with van der Waals surface area (Å²) in [6.45, 7) is 3.46. The molecule has 1 unspecified atom stereocenters. The first-order chi connectivity index (χ1) is 10.5. The predicted molar refractivity (Wildman–Crippen MR) is 76.1 cm³/mol. The van der Waals surface area contributed by atoms with Crippen molar-refractivity contribution in [1.29, 1.82) is 5.26 Å². The van der Waals surface area contributed by atoms with E-state index in [1.165, 1.54) is 24.3 Å². The number of carbonyl (C=O) groups is 2. The van der Waals surface area contributed by atoms with E-state index in [1.807, 2.05) is 6.07 Å². The molecule has 0 heterocycles. The molecule has 5 nitrogen and oxygen atoms in total. The van der Waals surface area contributed by atoms with Gasteiger partial charge in [0.1, 0.15) is 5.82 Å². The average Bonchev–Trinajstić information content (AvgIpc) is 2.48. The lowest BCUT2D eigenvalue weighted by Crippen LogP contribution is -2.33. The number of rotatable bonds is 7. The normalized spacial score (nSPS) is 11.6. The Morgan fingerprint density at radius 1 is 1.14 bits per heavy atom. The molecule has 22 heavy (non-hydrogen) atoms. The zero-order valence-corrected chi connectivity index (χ0v) is 12.5. The van der Waals surface area contributed by atoms with Crippen molar-refractivity contribution in [2.24, 2.45) is 5.92 Å². The summed E-state index contributed by atoms with van der Waals surface area (Å²) in [5.41, 5.74) is 0.508. The molecule has 0 amide bonds. The van der Waals surface area contributed by atoms with Gasteiger partial charge in [-0.15, -0.1) is 0 Å². The molecule has 0 aliphatic heterocycles. The van der Waals surface area contributed by atoms with E-state index >= 15 is 0 Å². The molecule has 0 saturated heterocycles. The van der Waals surface area contributed by atoms with Crippen molar-refractivity contribution in [3.8, 4) is 6.07 Å². The Balaban J connectivity index is 3.19. The maximum absolute atomic E-state index is 13.0. The van der Waals surface area contributed by atoms with Crippen LogP contribution in [0.2, 0.25) is 0 Å². The molecule has 0 fully saturated rings. The van der Waals surface area contributed by atoms with Crippen LogP contribution in [0.4, 0.5) is 4.39 Å². The molecule has 0 saturated carbocycles. The van der Waals surface area contributed by atoms with Crippen LogP contribution >= 0.6 is 0 Å². The highest BCUT2D eigenvalue weighted by molar-refractivity contribution is 5.96. The third kappa shape index (κ3) is 4.55. The summed E-state index contributed by atoms with van der Waals surface area (Å²) in [5, 5.41) is 9.00. The molecule has 1 rings (SSSR count). The minimum atomic E-state index is -1.25. The van der Waals surface area contributed by atoms with Gasteiger partial charge in [-0.25, -0.2) is 4.39 Å². The Hall–Kier alpha value is -2.42. The number of esters is 2. The van der Waals surface area contributed by atoms with Crippen molar-refractivity contribution >= 4 is 11.9 Å². The fourth-order valence-corrected chi connectivity index (χ4v) is 2.13. The van der Waals surface area contributed by atoms with E-state index < -0.39 is 29.6 Å². The third-order valence-electron chi connectivity index (χ3n) is 3.09. The third-order valence-corrected chi connectivity index (χ3v) is 3.09. The Kier molecular flexibility index (Phi) is 7.03. The zero-order chi connectivity index (χ0) is 16.5. The van der Waals surface area contributed by atoms with Gasteiger partial charge in [0, 0.05) is 12.3 Å². The highest BCUT2D eigenvalue weighted by Crippen LogP contribution is 2.30. The van der Waals surface area contributed by atoms with E-state index in [-0.39, 0.29) is 19.6 Å². The van der Waals surface area contributed by atoms with Gasteiger partial charge < -0.3 is 9.47 Å². The molecular formula is C16H18FNO4. The van der Waals surface area contributed by atoms with E-state index in [0.717, 1.165) is 0 Å². The van der Waals surface area contributed by atoms with Crippen molar-refractivity contribution in [3.05, 3.63) is 35.6 Å². The molecule has 0 aliphatic carbocycles. The van der Waals surface area contributed by atoms with Crippen LogP contribution in [0.3, 0.4) is 0 Å². The predicted octanol–water partition coefficient (Wildman–Crippen LogP) is 2.57. The van der Waals surface area contributed by atoms with Crippen LogP contribution in [0.25, 0.3) is 0 Å². The minimum absolute atomic E-state index is 0.0894. The van der Waals surface area contributed by atoms with Crippen LogP contribution in [-0.4, -0.2) is 25.2 Å². The van der Waals surface area contributed by atoms with Crippen LogP contribution in [0.5, 0.6) is 0 Å². The fraction of sp³-hybridized carbons (Fsp3) is 0.438. The Labute approximate surface area is 128 Å². The topological polar surface area (TPSA) is 76.4 Å². The lowest BCUT2D eigenvalue weighted by Gasteiger charge is -2.22. The second kappa shape index (κ2) is 8.78. The zero-order valence-electron chi connectivity index (χ0n) is 12.5. The van der Waals surface area contributed by atoms with Crippen LogP contribution in [0.1, 0.15) is 31.7 Å². The molecule has 1 aromatic rings. The SMILES string of the molecule is CCOC(=O)C(C(=O)OCC)C(CC#N)c1ccc(F)cc1. The monoisotopic (exact) mass is 307 g/mol. The van der Waals surface area contributed by atoms with Crippen LogP contribution < -0.4 is 0 Å². The highest BCUT2D eigenvalue weighted by Gasteiger charge is 2.38. The highest BCUT2D eigenvalue weighted by atomic mass is 19.1. The number of benzene rings is 1. The van der Waals surface area contributed by atoms with E-state index in [0.29, 0.717) is 5.56 Å². The molecule has 118 valence electrons. The van der Waals surface area contributed by atoms with Gasteiger partial charge in [-0.1, -0.05) is 12.1 Å². The summed E-state index contributed by atoms with van der Waals surface area (Å²) >= 11 is 0. The van der Waals surface area contributed by atoms with Crippen molar-refractivity contribution in [1.82, 2.24) is 0 Å². The van der Waals surface area contributed by atoms with Crippen molar-refractivity contribution in [3.63, 3.8) is 0 Å². The van der Waals surface area contributed by atoms with Crippen LogP contribution in [0.15, 0.2) is 24.3 Å². The molecule has 1 aromatic carbocycles. The van der Waals surface area contributed by atoms with E-state index in [4.69, 9.17) is 14.7 Å². The summed E-state index contributed by atoms with van der Waals surface area (Å²) < 4.78 is 22.9. The molecule has 0 aliphatic rings. The van der Waals surface area contributed by atoms with Crippen molar-refractivity contribution in [2.45, 2.75) is 26.2 Å². The number of ether oxygens (including phenoxy) is 2. The maximum Gasteiger partial charge on any atom is 0.320 e. The van der Waals surface area contributed by atoms with Gasteiger partial charge in [0.05, 0.1) is 19.3 Å². The second-order valence-electron chi connectivity index (χ2n) is 4.50. The molecule has 1 atom stereocenters. The summed E-state index contributed by atoms with van der Waals surface area (Å²) in [6.07, 6.45) is -0.0894. The summed E-state index contributed by atoms with van der Waals surface area (Å²) in [7, 11) is 0. The minimum Gasteiger partial charge on any atom is -0.465 e. The van der Waals surface area contributed by atoms with Crippen LogP contribution in [-0.2, 0) is 19.1 Å². The Morgan fingerprint density at radius 3 is 2.05 bits per heavy atom. The quantitative estimate of drug-likeness (QED) is 0.571. The lowest BCUT2D eigenvalue weighted by atomic mass is 9.83. The van der Waals surface area contributed by atoms with E-state index in [9.17, 15) is 14.0 Å². The average molecular weight is 307 g/mol. The first-order valence-corrected chi connectivity index (χ1v) is 7.00. The smallest absolute Gasteiger partial charge is 0.320 e. The molecule has 0 N–H and O–H groups in total. The Bertz CT molecular complexity index is 532. The van der Waals surface area contributed by atoms with Gasteiger partial charge in [-0.05, 0) is 31.5 Å².